The molecule has 1 aliphatic rings. The van der Waals surface area contributed by atoms with Gasteiger partial charge in [0, 0.05) is 6.04 Å². The second-order valence-corrected chi connectivity index (χ2v) is 4.22. The predicted octanol–water partition coefficient (Wildman–Crippen LogP) is 3.29. The van der Waals surface area contributed by atoms with Crippen molar-refractivity contribution in [2.45, 2.75) is 52.5 Å². The molecular weight excluding hydrogens is 146 g/mol. The second kappa shape index (κ2) is 4.64. The summed E-state index contributed by atoms with van der Waals surface area (Å²) in [6, 6.07) is 0.644. The van der Waals surface area contributed by atoms with Crippen LogP contribution in [0.2, 0.25) is 0 Å². The van der Waals surface area contributed by atoms with Crippen LogP contribution in [0.25, 0.3) is 0 Å². The van der Waals surface area contributed by atoms with Gasteiger partial charge in [0.1, 0.15) is 0 Å². The van der Waals surface area contributed by atoms with E-state index in [0.29, 0.717) is 6.04 Å². The largest absolute Gasteiger partial charge is 0.295 e. The van der Waals surface area contributed by atoms with E-state index in [4.69, 9.17) is 0 Å². The molecule has 0 bridgehead atoms. The minimum Gasteiger partial charge on any atom is -0.295 e. The van der Waals surface area contributed by atoms with Gasteiger partial charge in [0.25, 0.3) is 0 Å². The number of hydrogen-bond acceptors (Lipinski definition) is 1. The zero-order chi connectivity index (χ0) is 8.97. The number of hydrogen-bond donors (Lipinski definition) is 0. The summed E-state index contributed by atoms with van der Waals surface area (Å²) in [5.74, 6) is 1.84. The summed E-state index contributed by atoms with van der Waals surface area (Å²) in [5.41, 5.74) is 0. The maximum Gasteiger partial charge on any atom is 0.0495 e. The molecule has 0 spiro atoms. The molecule has 1 nitrogen and oxygen atoms in total. The quantitative estimate of drug-likeness (QED) is 0.560. The van der Waals surface area contributed by atoms with Crippen LogP contribution in [0.5, 0.6) is 0 Å². The summed E-state index contributed by atoms with van der Waals surface area (Å²) in [6.45, 7) is 6.71. The molecule has 0 N–H and O–H groups in total. The van der Waals surface area contributed by atoms with Gasteiger partial charge < -0.3 is 0 Å². The average Bonchev–Trinajstić information content (AvgIpc) is 2.06. The molecule has 12 heavy (non-hydrogen) atoms. The van der Waals surface area contributed by atoms with E-state index in [0.717, 1.165) is 11.8 Å². The zero-order valence-corrected chi connectivity index (χ0v) is 8.59. The zero-order valence-electron chi connectivity index (χ0n) is 8.59. The fourth-order valence-corrected chi connectivity index (χ4v) is 2.13. The van der Waals surface area contributed by atoms with Crippen LogP contribution in [0.3, 0.4) is 0 Å². The van der Waals surface area contributed by atoms with Gasteiger partial charge in [0.05, 0.1) is 0 Å². The van der Waals surface area contributed by atoms with Crippen LogP contribution in [-0.2, 0) is 0 Å². The van der Waals surface area contributed by atoms with Crippen molar-refractivity contribution in [2.75, 3.05) is 0 Å². The minimum atomic E-state index is 0.644. The summed E-state index contributed by atoms with van der Waals surface area (Å²) >= 11 is 0. The van der Waals surface area contributed by atoms with E-state index in [1.165, 1.54) is 25.7 Å². The van der Waals surface area contributed by atoms with Crippen LogP contribution in [0.15, 0.2) is 4.99 Å². The molecule has 0 radical (unpaired) electrons. The Morgan fingerprint density at radius 3 is 2.17 bits per heavy atom. The van der Waals surface area contributed by atoms with Crippen LogP contribution in [-0.4, -0.2) is 12.3 Å². The summed E-state index contributed by atoms with van der Waals surface area (Å²) < 4.78 is 0. The summed E-state index contributed by atoms with van der Waals surface area (Å²) in [6.07, 6.45) is 7.36. The van der Waals surface area contributed by atoms with E-state index in [1.807, 2.05) is 13.1 Å². The van der Waals surface area contributed by atoms with E-state index >= 15 is 0 Å². The van der Waals surface area contributed by atoms with Crippen molar-refractivity contribution in [3.63, 3.8) is 0 Å². The maximum atomic E-state index is 4.45. The second-order valence-electron chi connectivity index (χ2n) is 4.22. The standard InChI is InChI=1S/C11H21N/c1-4-12-11-7-5-10(6-8-11)9(2)3/h4,9-11H,5-8H2,1-3H3/b12-4+. The van der Waals surface area contributed by atoms with Crippen molar-refractivity contribution in [1.82, 2.24) is 0 Å². The van der Waals surface area contributed by atoms with Crippen LogP contribution in [0.1, 0.15) is 46.5 Å². The van der Waals surface area contributed by atoms with E-state index in [2.05, 4.69) is 18.8 Å². The van der Waals surface area contributed by atoms with Crippen LogP contribution < -0.4 is 0 Å². The highest BCUT2D eigenvalue weighted by molar-refractivity contribution is 5.53. The molecule has 0 aliphatic heterocycles. The Morgan fingerprint density at radius 2 is 1.75 bits per heavy atom. The molecule has 1 saturated carbocycles. The number of aliphatic imine (C=N–C) groups is 1. The monoisotopic (exact) mass is 167 g/mol. The van der Waals surface area contributed by atoms with Gasteiger partial charge in [-0.15, -0.1) is 0 Å². The van der Waals surface area contributed by atoms with E-state index in [1.54, 1.807) is 0 Å². The first-order chi connectivity index (χ1) is 5.74. The van der Waals surface area contributed by atoms with Gasteiger partial charge in [0.15, 0.2) is 0 Å². The molecule has 0 heterocycles. The highest BCUT2D eigenvalue weighted by Crippen LogP contribution is 2.30. The van der Waals surface area contributed by atoms with Crippen molar-refractivity contribution in [2.24, 2.45) is 16.8 Å². The maximum absolute atomic E-state index is 4.45. The van der Waals surface area contributed by atoms with Crippen molar-refractivity contribution in [1.29, 1.82) is 0 Å². The fraction of sp³-hybridized carbons (Fsp3) is 0.909. The van der Waals surface area contributed by atoms with E-state index < -0.39 is 0 Å². The third-order valence-corrected chi connectivity index (χ3v) is 3.04. The summed E-state index contributed by atoms with van der Waals surface area (Å²) in [5, 5.41) is 0. The summed E-state index contributed by atoms with van der Waals surface area (Å²) in [7, 11) is 0. The average molecular weight is 167 g/mol. The summed E-state index contributed by atoms with van der Waals surface area (Å²) in [4.78, 5) is 4.45. The predicted molar refractivity (Wildman–Crippen MR) is 54.8 cm³/mol. The first kappa shape index (κ1) is 9.76. The molecule has 0 amide bonds. The Balaban J connectivity index is 2.29. The number of rotatable bonds is 2. The van der Waals surface area contributed by atoms with Gasteiger partial charge in [-0.3, -0.25) is 4.99 Å². The topological polar surface area (TPSA) is 12.4 Å². The molecule has 70 valence electrons. The fourth-order valence-electron chi connectivity index (χ4n) is 2.13. The Hall–Kier alpha value is -0.330. The molecule has 0 aromatic rings. The molecule has 0 unspecified atom stereocenters. The molecule has 0 atom stereocenters. The smallest absolute Gasteiger partial charge is 0.0495 e. The highest BCUT2D eigenvalue weighted by atomic mass is 14.8. The van der Waals surface area contributed by atoms with Crippen molar-refractivity contribution in [3.8, 4) is 0 Å². The Labute approximate surface area is 76.3 Å². The molecule has 1 heteroatoms. The molecule has 0 saturated heterocycles. The lowest BCUT2D eigenvalue weighted by atomic mass is 9.80. The van der Waals surface area contributed by atoms with Gasteiger partial charge >= 0.3 is 0 Å². The van der Waals surface area contributed by atoms with Gasteiger partial charge in [0.2, 0.25) is 0 Å². The SMILES string of the molecule is C/C=N/C1CCC(C(C)C)CC1. The van der Waals surface area contributed by atoms with Crippen LogP contribution in [0.4, 0.5) is 0 Å². The third kappa shape index (κ3) is 2.62. The van der Waals surface area contributed by atoms with E-state index in [9.17, 15) is 0 Å². The molecule has 0 aromatic heterocycles. The molecular formula is C11H21N. The lowest BCUT2D eigenvalue weighted by molar-refractivity contribution is 0.260. The van der Waals surface area contributed by atoms with Gasteiger partial charge in [-0.05, 0) is 50.7 Å². The molecule has 0 aromatic carbocycles. The lowest BCUT2D eigenvalue weighted by Gasteiger charge is -2.28. The number of nitrogens with zero attached hydrogens (tertiary/aromatic N) is 1. The lowest BCUT2D eigenvalue weighted by Crippen LogP contribution is -2.20. The molecule has 1 aliphatic carbocycles. The molecule has 1 fully saturated rings. The van der Waals surface area contributed by atoms with Gasteiger partial charge in [-0.1, -0.05) is 13.8 Å². The third-order valence-electron chi connectivity index (χ3n) is 3.04. The minimum absolute atomic E-state index is 0.644. The first-order valence-corrected chi connectivity index (χ1v) is 5.21. The molecule has 1 rings (SSSR count). The van der Waals surface area contributed by atoms with Crippen LogP contribution >= 0.6 is 0 Å². The Bertz CT molecular complexity index is 141. The van der Waals surface area contributed by atoms with Crippen LogP contribution in [0, 0.1) is 11.8 Å². The van der Waals surface area contributed by atoms with Gasteiger partial charge in [-0.25, -0.2) is 0 Å². The van der Waals surface area contributed by atoms with E-state index in [-0.39, 0.29) is 0 Å². The van der Waals surface area contributed by atoms with Crippen molar-refractivity contribution < 1.29 is 0 Å². The Morgan fingerprint density at radius 1 is 1.17 bits per heavy atom. The van der Waals surface area contributed by atoms with Crippen molar-refractivity contribution >= 4 is 6.21 Å². The normalized spacial score (nSPS) is 31.7. The first-order valence-electron chi connectivity index (χ1n) is 5.21. The van der Waals surface area contributed by atoms with Crippen molar-refractivity contribution in [3.05, 3.63) is 0 Å². The Kier molecular flexibility index (Phi) is 3.77. The highest BCUT2D eigenvalue weighted by Gasteiger charge is 2.21. The van der Waals surface area contributed by atoms with Gasteiger partial charge in [-0.2, -0.15) is 0 Å².